The number of hydrogen-bond acceptors (Lipinski definition) is 5. The summed E-state index contributed by atoms with van der Waals surface area (Å²) in [6.07, 6.45) is 3.91. The molecule has 1 aromatic rings. The smallest absolute Gasteiger partial charge is 0.414 e. The molecule has 1 aromatic carbocycles. The summed E-state index contributed by atoms with van der Waals surface area (Å²) in [6, 6.07) is 8.16. The van der Waals surface area contributed by atoms with E-state index in [2.05, 4.69) is 0 Å². The molecule has 0 aliphatic carbocycles. The zero-order valence-electron chi connectivity index (χ0n) is 13.6. The van der Waals surface area contributed by atoms with Crippen molar-refractivity contribution in [3.05, 3.63) is 59.8 Å². The molecule has 24 heavy (non-hydrogen) atoms. The number of rotatable bonds is 5. The first kappa shape index (κ1) is 17.5. The van der Waals surface area contributed by atoms with Crippen LogP contribution in [0.2, 0.25) is 0 Å². The largest absolute Gasteiger partial charge is 0.466 e. The molecule has 0 radical (unpaired) electrons. The van der Waals surface area contributed by atoms with Gasteiger partial charge in [-0.25, -0.2) is 4.79 Å². The highest BCUT2D eigenvalue weighted by Gasteiger charge is 2.28. The molecule has 0 fully saturated rings. The molecule has 0 saturated heterocycles. The van der Waals surface area contributed by atoms with Crippen LogP contribution in [-0.2, 0) is 14.3 Å². The average molecular weight is 329 g/mol. The minimum Gasteiger partial charge on any atom is -0.466 e. The Labute approximate surface area is 140 Å². The minimum atomic E-state index is -0.635. The van der Waals surface area contributed by atoms with Crippen molar-refractivity contribution < 1.29 is 23.9 Å². The second-order valence-corrected chi connectivity index (χ2v) is 5.09. The summed E-state index contributed by atoms with van der Waals surface area (Å²) in [5, 5.41) is 0. The molecule has 0 bridgehead atoms. The molecule has 6 nitrogen and oxygen atoms in total. The van der Waals surface area contributed by atoms with Crippen molar-refractivity contribution in [2.75, 3.05) is 13.7 Å². The first-order chi connectivity index (χ1) is 11.6. The monoisotopic (exact) mass is 329 g/mol. The Hall–Kier alpha value is -2.89. The maximum Gasteiger partial charge on any atom is 0.414 e. The standard InChI is InChI=1S/C18H19NO5/c1-3-24-16(20)12-15-11-14(9-10-19(15)18(22)23-2)17(21)13-7-5-4-6-8-13/h4-11,15H,3,12H2,1-2H3. The van der Waals surface area contributed by atoms with Crippen molar-refractivity contribution in [3.63, 3.8) is 0 Å². The summed E-state index contributed by atoms with van der Waals surface area (Å²) in [4.78, 5) is 37.4. The SMILES string of the molecule is CCOC(=O)CC1C=C(C(=O)c2ccccc2)C=CN1C(=O)OC. The van der Waals surface area contributed by atoms with Gasteiger partial charge in [0.1, 0.15) is 0 Å². The summed E-state index contributed by atoms with van der Waals surface area (Å²) < 4.78 is 9.64. The van der Waals surface area contributed by atoms with Gasteiger partial charge in [-0.05, 0) is 19.1 Å². The fourth-order valence-electron chi connectivity index (χ4n) is 2.37. The number of Topliss-reactive ketones (excluding diaryl/α,β-unsaturated/α-hetero) is 1. The maximum absolute atomic E-state index is 12.5. The number of methoxy groups -OCH3 is 1. The summed E-state index contributed by atoms with van der Waals surface area (Å²) in [7, 11) is 1.26. The van der Waals surface area contributed by atoms with Crippen LogP contribution in [0.25, 0.3) is 0 Å². The highest BCUT2D eigenvalue weighted by Crippen LogP contribution is 2.21. The summed E-state index contributed by atoms with van der Waals surface area (Å²) >= 11 is 0. The first-order valence-electron chi connectivity index (χ1n) is 7.58. The Morgan fingerprint density at radius 1 is 1.17 bits per heavy atom. The van der Waals surface area contributed by atoms with Crippen molar-refractivity contribution in [3.8, 4) is 0 Å². The number of hydrogen-bond donors (Lipinski definition) is 0. The number of carbonyl (C=O) groups is 3. The van der Waals surface area contributed by atoms with Gasteiger partial charge in [0.05, 0.1) is 26.2 Å². The van der Waals surface area contributed by atoms with Crippen molar-refractivity contribution >= 4 is 17.8 Å². The molecule has 1 aliphatic heterocycles. The van der Waals surface area contributed by atoms with Gasteiger partial charge in [0.2, 0.25) is 0 Å². The third-order valence-corrected chi connectivity index (χ3v) is 3.51. The molecule has 0 spiro atoms. The van der Waals surface area contributed by atoms with E-state index in [0.717, 1.165) is 0 Å². The van der Waals surface area contributed by atoms with Crippen molar-refractivity contribution in [1.82, 2.24) is 4.90 Å². The molecule has 6 heteroatoms. The van der Waals surface area contributed by atoms with Crippen LogP contribution in [0.5, 0.6) is 0 Å². The highest BCUT2D eigenvalue weighted by atomic mass is 16.5. The zero-order chi connectivity index (χ0) is 17.5. The number of allylic oxidation sites excluding steroid dienone is 2. The van der Waals surface area contributed by atoms with Gasteiger partial charge in [-0.15, -0.1) is 0 Å². The van der Waals surface area contributed by atoms with Crippen LogP contribution in [0, 0.1) is 0 Å². The lowest BCUT2D eigenvalue weighted by molar-refractivity contribution is -0.143. The molecular weight excluding hydrogens is 310 g/mol. The molecule has 2 rings (SSSR count). The van der Waals surface area contributed by atoms with Crippen LogP contribution in [0.4, 0.5) is 4.79 Å². The topological polar surface area (TPSA) is 72.9 Å². The van der Waals surface area contributed by atoms with Gasteiger partial charge in [-0.2, -0.15) is 0 Å². The van der Waals surface area contributed by atoms with Gasteiger partial charge in [0.25, 0.3) is 0 Å². The Balaban J connectivity index is 2.25. The van der Waals surface area contributed by atoms with E-state index < -0.39 is 18.1 Å². The predicted octanol–water partition coefficient (Wildman–Crippen LogP) is 2.71. The summed E-state index contributed by atoms with van der Waals surface area (Å²) in [5.74, 6) is -0.625. The van der Waals surface area contributed by atoms with Gasteiger partial charge < -0.3 is 9.47 Å². The lowest BCUT2D eigenvalue weighted by Gasteiger charge is -2.28. The molecule has 1 aliphatic rings. The summed E-state index contributed by atoms with van der Waals surface area (Å²) in [5.41, 5.74) is 0.949. The van der Waals surface area contributed by atoms with E-state index in [4.69, 9.17) is 9.47 Å². The predicted molar refractivity (Wildman–Crippen MR) is 87.3 cm³/mol. The second-order valence-electron chi connectivity index (χ2n) is 5.09. The van der Waals surface area contributed by atoms with E-state index in [1.54, 1.807) is 37.3 Å². The van der Waals surface area contributed by atoms with E-state index in [0.29, 0.717) is 11.1 Å². The van der Waals surface area contributed by atoms with Crippen molar-refractivity contribution in [1.29, 1.82) is 0 Å². The van der Waals surface area contributed by atoms with Crippen molar-refractivity contribution in [2.24, 2.45) is 0 Å². The Morgan fingerprint density at radius 3 is 2.50 bits per heavy atom. The Kier molecular flexibility index (Phi) is 5.89. The van der Waals surface area contributed by atoms with Crippen LogP contribution >= 0.6 is 0 Å². The van der Waals surface area contributed by atoms with Gasteiger partial charge in [0.15, 0.2) is 5.78 Å². The fraction of sp³-hybridized carbons (Fsp3) is 0.278. The third kappa shape index (κ3) is 4.10. The average Bonchev–Trinajstić information content (AvgIpc) is 2.61. The number of ether oxygens (including phenoxy) is 2. The molecule has 0 N–H and O–H groups in total. The third-order valence-electron chi connectivity index (χ3n) is 3.51. The van der Waals surface area contributed by atoms with Crippen LogP contribution in [-0.4, -0.2) is 42.5 Å². The van der Waals surface area contributed by atoms with Crippen LogP contribution in [0.15, 0.2) is 54.3 Å². The Bertz CT molecular complexity index is 678. The van der Waals surface area contributed by atoms with E-state index in [-0.39, 0.29) is 18.8 Å². The number of esters is 1. The Morgan fingerprint density at radius 2 is 1.88 bits per heavy atom. The fourth-order valence-corrected chi connectivity index (χ4v) is 2.37. The summed E-state index contributed by atoms with van der Waals surface area (Å²) in [6.45, 7) is 1.95. The van der Waals surface area contributed by atoms with Crippen LogP contribution in [0.1, 0.15) is 23.7 Å². The number of ketones is 1. The molecule has 1 heterocycles. The van der Waals surface area contributed by atoms with E-state index >= 15 is 0 Å². The zero-order valence-corrected chi connectivity index (χ0v) is 13.6. The molecule has 0 saturated carbocycles. The quantitative estimate of drug-likeness (QED) is 0.613. The molecule has 1 amide bonds. The number of amides is 1. The van der Waals surface area contributed by atoms with E-state index in [1.165, 1.54) is 24.3 Å². The molecule has 126 valence electrons. The van der Waals surface area contributed by atoms with Gasteiger partial charge in [-0.3, -0.25) is 14.5 Å². The lowest BCUT2D eigenvalue weighted by atomic mass is 9.97. The molecule has 1 atom stereocenters. The lowest BCUT2D eigenvalue weighted by Crippen LogP contribution is -2.38. The minimum absolute atomic E-state index is 0.0567. The van der Waals surface area contributed by atoms with E-state index in [1.807, 2.05) is 6.07 Å². The first-order valence-corrected chi connectivity index (χ1v) is 7.58. The number of benzene rings is 1. The second kappa shape index (κ2) is 8.10. The molecular formula is C18H19NO5. The number of carbonyl (C=O) groups excluding carboxylic acids is 3. The van der Waals surface area contributed by atoms with Crippen molar-refractivity contribution in [2.45, 2.75) is 19.4 Å². The van der Waals surface area contributed by atoms with Crippen LogP contribution < -0.4 is 0 Å². The molecule has 0 aromatic heterocycles. The van der Waals surface area contributed by atoms with Gasteiger partial charge >= 0.3 is 12.1 Å². The van der Waals surface area contributed by atoms with E-state index in [9.17, 15) is 14.4 Å². The molecule has 1 unspecified atom stereocenters. The normalized spacial score (nSPS) is 16.3. The highest BCUT2D eigenvalue weighted by molar-refractivity contribution is 6.10. The number of nitrogens with zero attached hydrogens (tertiary/aromatic N) is 1. The van der Waals surface area contributed by atoms with Gasteiger partial charge in [-0.1, -0.05) is 30.3 Å². The van der Waals surface area contributed by atoms with Crippen LogP contribution in [0.3, 0.4) is 0 Å². The maximum atomic E-state index is 12.5. The van der Waals surface area contributed by atoms with Gasteiger partial charge in [0, 0.05) is 17.3 Å².